The number of ketones is 1. The standard InChI is InChI=1S/C24H20N4O2/c1-17(29)18-8-7-9-19(16-18)26-24-25-15-14-23(28-24)27-21-12-5-6-13-22(21)30-20-10-3-2-4-11-20/h2-16H,1H3,(H2,25,26,27,28). The molecule has 4 aromatic rings. The zero-order valence-corrected chi connectivity index (χ0v) is 16.4. The SMILES string of the molecule is CC(=O)c1cccc(Nc2nccc(Nc3ccccc3Oc3ccccc3)n2)c1. The van der Waals surface area contributed by atoms with Crippen molar-refractivity contribution >= 4 is 28.9 Å². The van der Waals surface area contributed by atoms with Crippen LogP contribution >= 0.6 is 0 Å². The third-order valence-electron chi connectivity index (χ3n) is 4.30. The van der Waals surface area contributed by atoms with Gasteiger partial charge in [-0.2, -0.15) is 4.98 Å². The Kier molecular flexibility index (Phi) is 5.66. The van der Waals surface area contributed by atoms with Crippen LogP contribution in [0.25, 0.3) is 0 Å². The monoisotopic (exact) mass is 396 g/mol. The van der Waals surface area contributed by atoms with E-state index in [2.05, 4.69) is 20.6 Å². The molecule has 0 bridgehead atoms. The van der Waals surface area contributed by atoms with Crippen molar-refractivity contribution in [2.24, 2.45) is 0 Å². The molecule has 0 aliphatic carbocycles. The predicted molar refractivity (Wildman–Crippen MR) is 118 cm³/mol. The Balaban J connectivity index is 1.53. The normalized spacial score (nSPS) is 10.3. The van der Waals surface area contributed by atoms with Gasteiger partial charge in [-0.25, -0.2) is 4.98 Å². The summed E-state index contributed by atoms with van der Waals surface area (Å²) in [5.74, 6) is 2.47. The van der Waals surface area contributed by atoms with Crippen molar-refractivity contribution in [3.8, 4) is 11.5 Å². The van der Waals surface area contributed by atoms with Gasteiger partial charge in [0.25, 0.3) is 0 Å². The molecule has 30 heavy (non-hydrogen) atoms. The zero-order valence-electron chi connectivity index (χ0n) is 16.4. The number of hydrogen-bond donors (Lipinski definition) is 2. The van der Waals surface area contributed by atoms with Crippen molar-refractivity contribution in [3.05, 3.63) is 96.7 Å². The van der Waals surface area contributed by atoms with E-state index in [9.17, 15) is 4.79 Å². The minimum absolute atomic E-state index is 0.00464. The van der Waals surface area contributed by atoms with Gasteiger partial charge in [0, 0.05) is 17.4 Å². The van der Waals surface area contributed by atoms with Gasteiger partial charge in [-0.3, -0.25) is 4.79 Å². The predicted octanol–water partition coefficient (Wildman–Crippen LogP) is 5.96. The smallest absolute Gasteiger partial charge is 0.229 e. The van der Waals surface area contributed by atoms with Crippen molar-refractivity contribution in [2.45, 2.75) is 6.92 Å². The average Bonchev–Trinajstić information content (AvgIpc) is 2.76. The molecule has 6 heteroatoms. The van der Waals surface area contributed by atoms with Crippen LogP contribution in [0.2, 0.25) is 0 Å². The fourth-order valence-electron chi connectivity index (χ4n) is 2.85. The molecule has 0 fully saturated rings. The third kappa shape index (κ3) is 4.80. The summed E-state index contributed by atoms with van der Waals surface area (Å²) in [4.78, 5) is 20.4. The lowest BCUT2D eigenvalue weighted by Crippen LogP contribution is -2.02. The van der Waals surface area contributed by atoms with Gasteiger partial charge in [-0.05, 0) is 49.4 Å². The molecule has 0 unspecified atom stereocenters. The number of hydrogen-bond acceptors (Lipinski definition) is 6. The Bertz CT molecular complexity index is 1160. The third-order valence-corrected chi connectivity index (χ3v) is 4.30. The van der Waals surface area contributed by atoms with Crippen molar-refractivity contribution in [3.63, 3.8) is 0 Å². The summed E-state index contributed by atoms with van der Waals surface area (Å²) >= 11 is 0. The Morgan fingerprint density at radius 1 is 0.867 bits per heavy atom. The zero-order chi connectivity index (χ0) is 20.8. The fraction of sp³-hybridized carbons (Fsp3) is 0.0417. The van der Waals surface area contributed by atoms with Crippen LogP contribution in [0.1, 0.15) is 17.3 Å². The number of ether oxygens (including phenoxy) is 1. The molecule has 1 heterocycles. The van der Waals surface area contributed by atoms with Crippen LogP contribution in [-0.2, 0) is 0 Å². The maximum absolute atomic E-state index is 11.6. The lowest BCUT2D eigenvalue weighted by atomic mass is 10.1. The van der Waals surface area contributed by atoms with Crippen LogP contribution in [0.3, 0.4) is 0 Å². The molecule has 2 N–H and O–H groups in total. The minimum Gasteiger partial charge on any atom is -0.455 e. The summed E-state index contributed by atoms with van der Waals surface area (Å²) in [5.41, 5.74) is 2.15. The number of carbonyl (C=O) groups is 1. The highest BCUT2D eigenvalue weighted by atomic mass is 16.5. The summed E-state index contributed by atoms with van der Waals surface area (Å²) < 4.78 is 5.99. The van der Waals surface area contributed by atoms with Gasteiger partial charge in [-0.1, -0.05) is 42.5 Å². The van der Waals surface area contributed by atoms with Gasteiger partial charge >= 0.3 is 0 Å². The number of Topliss-reactive ketones (excluding diaryl/α,β-unsaturated/α-hetero) is 1. The van der Waals surface area contributed by atoms with Gasteiger partial charge in [0.1, 0.15) is 11.6 Å². The van der Waals surface area contributed by atoms with E-state index in [1.807, 2.05) is 66.7 Å². The van der Waals surface area contributed by atoms with Crippen LogP contribution in [0.4, 0.5) is 23.1 Å². The average molecular weight is 396 g/mol. The summed E-state index contributed by atoms with van der Waals surface area (Å²) in [5, 5.41) is 6.41. The Hall–Kier alpha value is -4.19. The summed E-state index contributed by atoms with van der Waals surface area (Å²) in [6.45, 7) is 1.54. The van der Waals surface area contributed by atoms with E-state index in [1.165, 1.54) is 6.92 Å². The highest BCUT2D eigenvalue weighted by molar-refractivity contribution is 5.95. The molecule has 0 amide bonds. The van der Waals surface area contributed by atoms with Crippen LogP contribution in [-0.4, -0.2) is 15.8 Å². The lowest BCUT2D eigenvalue weighted by molar-refractivity contribution is 0.101. The molecule has 0 atom stereocenters. The largest absolute Gasteiger partial charge is 0.455 e. The second-order valence-corrected chi connectivity index (χ2v) is 6.56. The fourth-order valence-corrected chi connectivity index (χ4v) is 2.85. The first-order valence-electron chi connectivity index (χ1n) is 9.47. The van der Waals surface area contributed by atoms with Gasteiger partial charge in [0.2, 0.25) is 5.95 Å². The van der Waals surface area contributed by atoms with Crippen LogP contribution in [0.15, 0.2) is 91.1 Å². The first kappa shape index (κ1) is 19.1. The van der Waals surface area contributed by atoms with E-state index in [4.69, 9.17) is 4.74 Å². The Morgan fingerprint density at radius 3 is 2.50 bits per heavy atom. The summed E-state index contributed by atoms with van der Waals surface area (Å²) in [6, 6.07) is 26.2. The van der Waals surface area contributed by atoms with Crippen LogP contribution < -0.4 is 15.4 Å². The number of para-hydroxylation sites is 3. The molecule has 1 aromatic heterocycles. The van der Waals surface area contributed by atoms with Crippen molar-refractivity contribution in [1.29, 1.82) is 0 Å². The van der Waals surface area contributed by atoms with E-state index in [1.54, 1.807) is 24.4 Å². The summed E-state index contributed by atoms with van der Waals surface area (Å²) in [7, 11) is 0. The molecular weight excluding hydrogens is 376 g/mol. The van der Waals surface area contributed by atoms with Crippen molar-refractivity contribution in [2.75, 3.05) is 10.6 Å². The van der Waals surface area contributed by atoms with E-state index in [-0.39, 0.29) is 5.78 Å². The lowest BCUT2D eigenvalue weighted by Gasteiger charge is -2.13. The molecule has 0 spiro atoms. The van der Waals surface area contributed by atoms with Gasteiger partial charge < -0.3 is 15.4 Å². The number of anilines is 4. The molecule has 0 aliphatic rings. The molecule has 3 aromatic carbocycles. The number of benzene rings is 3. The van der Waals surface area contributed by atoms with E-state index in [0.717, 1.165) is 17.1 Å². The molecule has 0 saturated carbocycles. The second kappa shape index (κ2) is 8.87. The summed E-state index contributed by atoms with van der Waals surface area (Å²) in [6.07, 6.45) is 1.66. The number of nitrogens with one attached hydrogen (secondary N) is 2. The quantitative estimate of drug-likeness (QED) is 0.376. The topological polar surface area (TPSA) is 76.1 Å². The number of aromatic nitrogens is 2. The van der Waals surface area contributed by atoms with Gasteiger partial charge in [-0.15, -0.1) is 0 Å². The first-order chi connectivity index (χ1) is 14.7. The highest BCUT2D eigenvalue weighted by Crippen LogP contribution is 2.31. The van der Waals surface area contributed by atoms with Crippen molar-refractivity contribution in [1.82, 2.24) is 9.97 Å². The van der Waals surface area contributed by atoms with Gasteiger partial charge in [0.15, 0.2) is 11.5 Å². The first-order valence-corrected chi connectivity index (χ1v) is 9.47. The van der Waals surface area contributed by atoms with E-state index in [0.29, 0.717) is 23.1 Å². The van der Waals surface area contributed by atoms with E-state index >= 15 is 0 Å². The second-order valence-electron chi connectivity index (χ2n) is 6.56. The molecular formula is C24H20N4O2. The molecule has 4 rings (SSSR count). The Labute approximate surface area is 174 Å². The van der Waals surface area contributed by atoms with Crippen molar-refractivity contribution < 1.29 is 9.53 Å². The number of rotatable bonds is 7. The number of nitrogens with zero attached hydrogens (tertiary/aromatic N) is 2. The van der Waals surface area contributed by atoms with Crippen LogP contribution in [0, 0.1) is 0 Å². The van der Waals surface area contributed by atoms with E-state index < -0.39 is 0 Å². The number of carbonyl (C=O) groups excluding carboxylic acids is 1. The highest BCUT2D eigenvalue weighted by Gasteiger charge is 2.07. The molecule has 148 valence electrons. The Morgan fingerprint density at radius 2 is 1.67 bits per heavy atom. The maximum atomic E-state index is 11.6. The maximum Gasteiger partial charge on any atom is 0.229 e. The molecule has 0 radical (unpaired) electrons. The minimum atomic E-state index is 0.00464. The van der Waals surface area contributed by atoms with Crippen LogP contribution in [0.5, 0.6) is 11.5 Å². The molecule has 0 aliphatic heterocycles. The molecule has 6 nitrogen and oxygen atoms in total. The molecule has 0 saturated heterocycles. The van der Waals surface area contributed by atoms with Gasteiger partial charge in [0.05, 0.1) is 5.69 Å².